The third-order valence-electron chi connectivity index (χ3n) is 9.54. The normalized spacial score (nSPS) is 21.6. The molecule has 1 saturated carbocycles. The minimum absolute atomic E-state index is 0.00887. The Morgan fingerprint density at radius 2 is 1.95 bits per heavy atom. The van der Waals surface area contributed by atoms with E-state index in [9.17, 15) is 9.90 Å². The number of carboxylic acid groups (broad SMARTS) is 1. The smallest absolute Gasteiger partial charge is 0.306 e. The number of rotatable bonds is 11. The fraction of sp³-hybridized carbons (Fsp3) is 0.486. The van der Waals surface area contributed by atoms with Crippen molar-refractivity contribution in [3.05, 3.63) is 76.7 Å². The zero-order valence-electron chi connectivity index (χ0n) is 25.2. The highest BCUT2D eigenvalue weighted by molar-refractivity contribution is 5.71. The standard InChI is InChI=1S/C35H41FN2O5/c1-21(35(39)40)34(23-7-8-23)25-9-6-22-11-13-31(43-32(22)16-25)24-10-12-28(29-17-33(42-3)37-18-30(29)36)26(15-24)19-38-14-4-5-27(38)20-41-2/h6,9-10,12,15-18,21,23,27,31,34H,4-5,7-8,11,13-14,19-20H2,1-3H3,(H,39,40)/t21-,27?,31?,34-/m0/s1. The van der Waals surface area contributed by atoms with Gasteiger partial charge >= 0.3 is 5.97 Å². The number of nitrogens with zero attached hydrogens (tertiary/aromatic N) is 2. The number of ether oxygens (including phenoxy) is 3. The molecule has 43 heavy (non-hydrogen) atoms. The predicted octanol–water partition coefficient (Wildman–Crippen LogP) is 6.79. The van der Waals surface area contributed by atoms with Gasteiger partial charge in [-0.25, -0.2) is 9.37 Å². The third kappa shape index (κ3) is 6.27. The zero-order chi connectivity index (χ0) is 30.1. The van der Waals surface area contributed by atoms with Gasteiger partial charge in [0.2, 0.25) is 5.88 Å². The monoisotopic (exact) mass is 588 g/mol. The summed E-state index contributed by atoms with van der Waals surface area (Å²) < 4.78 is 32.6. The molecular formula is C35H41FN2O5. The molecule has 1 saturated heterocycles. The highest BCUT2D eigenvalue weighted by atomic mass is 19.1. The van der Waals surface area contributed by atoms with Gasteiger partial charge < -0.3 is 19.3 Å². The molecule has 1 aliphatic carbocycles. The van der Waals surface area contributed by atoms with Gasteiger partial charge in [0, 0.05) is 31.3 Å². The van der Waals surface area contributed by atoms with E-state index in [0.29, 0.717) is 36.6 Å². The van der Waals surface area contributed by atoms with Crippen molar-refractivity contribution >= 4 is 5.97 Å². The van der Waals surface area contributed by atoms with E-state index in [-0.39, 0.29) is 17.8 Å². The van der Waals surface area contributed by atoms with Crippen LogP contribution in [0.25, 0.3) is 11.1 Å². The van der Waals surface area contributed by atoms with E-state index in [0.717, 1.165) is 78.6 Å². The van der Waals surface area contributed by atoms with Crippen LogP contribution in [0.2, 0.25) is 0 Å². The van der Waals surface area contributed by atoms with Crippen LogP contribution in [0.15, 0.2) is 48.7 Å². The Kier molecular flexibility index (Phi) is 8.68. The van der Waals surface area contributed by atoms with Crippen LogP contribution in [0.1, 0.15) is 73.3 Å². The molecule has 3 aromatic rings. The Balaban J connectivity index is 1.32. The van der Waals surface area contributed by atoms with Crippen molar-refractivity contribution in [1.29, 1.82) is 0 Å². The number of aliphatic carboxylic acids is 1. The molecule has 0 radical (unpaired) electrons. The number of likely N-dealkylation sites (tertiary alicyclic amines) is 1. The zero-order valence-corrected chi connectivity index (χ0v) is 25.2. The summed E-state index contributed by atoms with van der Waals surface area (Å²) >= 11 is 0. The van der Waals surface area contributed by atoms with Crippen LogP contribution < -0.4 is 9.47 Å². The average Bonchev–Trinajstić information content (AvgIpc) is 3.76. The van der Waals surface area contributed by atoms with Gasteiger partial charge in [0.1, 0.15) is 17.7 Å². The van der Waals surface area contributed by atoms with Crippen molar-refractivity contribution < 1.29 is 28.5 Å². The summed E-state index contributed by atoms with van der Waals surface area (Å²) in [6.07, 6.45) is 7.09. The maximum absolute atomic E-state index is 15.2. The molecule has 2 fully saturated rings. The maximum Gasteiger partial charge on any atom is 0.306 e. The lowest BCUT2D eigenvalue weighted by Gasteiger charge is -2.30. The maximum atomic E-state index is 15.2. The fourth-order valence-corrected chi connectivity index (χ4v) is 7.05. The number of aryl methyl sites for hydroxylation is 1. The number of halogens is 1. The SMILES string of the molecule is COCC1CCCN1Cc1cc(C2CCc3ccc([C@H](C4CC4)[C@H](C)C(=O)O)cc3O2)ccc1-c1cc(OC)ncc1F. The van der Waals surface area contributed by atoms with E-state index >= 15 is 4.39 Å². The molecule has 8 heteroatoms. The molecule has 6 rings (SSSR count). The Labute approximate surface area is 253 Å². The number of carboxylic acids is 1. The summed E-state index contributed by atoms with van der Waals surface area (Å²) in [6.45, 7) is 4.12. The van der Waals surface area contributed by atoms with Gasteiger partial charge in [-0.3, -0.25) is 9.69 Å². The molecule has 1 N–H and O–H groups in total. The first-order valence-corrected chi connectivity index (χ1v) is 15.4. The van der Waals surface area contributed by atoms with Crippen molar-refractivity contribution in [2.75, 3.05) is 27.4 Å². The summed E-state index contributed by atoms with van der Waals surface area (Å²) in [5.74, 6) is 0.0289. The molecule has 0 amide bonds. The Morgan fingerprint density at radius 1 is 1.12 bits per heavy atom. The second-order valence-electron chi connectivity index (χ2n) is 12.3. The van der Waals surface area contributed by atoms with Gasteiger partial charge in [0.25, 0.3) is 0 Å². The molecule has 3 aliphatic rings. The largest absolute Gasteiger partial charge is 0.485 e. The molecule has 0 bridgehead atoms. The second kappa shape index (κ2) is 12.6. The van der Waals surface area contributed by atoms with Crippen molar-refractivity contribution in [3.8, 4) is 22.8 Å². The number of methoxy groups -OCH3 is 2. The lowest BCUT2D eigenvalue weighted by atomic mass is 9.82. The van der Waals surface area contributed by atoms with E-state index in [1.54, 1.807) is 13.2 Å². The summed E-state index contributed by atoms with van der Waals surface area (Å²) in [7, 11) is 3.27. The summed E-state index contributed by atoms with van der Waals surface area (Å²) in [5.41, 5.74) is 5.57. The van der Waals surface area contributed by atoms with Crippen molar-refractivity contribution in [2.24, 2.45) is 11.8 Å². The van der Waals surface area contributed by atoms with Crippen molar-refractivity contribution in [1.82, 2.24) is 9.88 Å². The molecule has 2 unspecified atom stereocenters. The molecule has 2 aromatic carbocycles. The van der Waals surface area contributed by atoms with E-state index < -0.39 is 11.9 Å². The fourth-order valence-electron chi connectivity index (χ4n) is 7.05. The van der Waals surface area contributed by atoms with Crippen LogP contribution in [0.3, 0.4) is 0 Å². The van der Waals surface area contributed by atoms with Crippen LogP contribution >= 0.6 is 0 Å². The highest BCUT2D eigenvalue weighted by Gasteiger charge is 2.39. The lowest BCUT2D eigenvalue weighted by Crippen LogP contribution is -2.32. The van der Waals surface area contributed by atoms with Crippen molar-refractivity contribution in [3.63, 3.8) is 0 Å². The Hall–Kier alpha value is -3.49. The van der Waals surface area contributed by atoms with Gasteiger partial charge in [-0.1, -0.05) is 37.3 Å². The number of hydrogen-bond acceptors (Lipinski definition) is 6. The average molecular weight is 589 g/mol. The summed E-state index contributed by atoms with van der Waals surface area (Å²) in [5, 5.41) is 9.77. The number of fused-ring (bicyclic) bond motifs is 1. The second-order valence-corrected chi connectivity index (χ2v) is 12.3. The molecule has 3 heterocycles. The first kappa shape index (κ1) is 29.6. The van der Waals surface area contributed by atoms with Crippen LogP contribution in [-0.2, 0) is 22.5 Å². The number of aromatic nitrogens is 1. The van der Waals surface area contributed by atoms with Gasteiger partial charge in [0.15, 0.2) is 0 Å². The summed E-state index contributed by atoms with van der Waals surface area (Å²) in [6, 6.07) is 14.5. The first-order valence-electron chi connectivity index (χ1n) is 15.4. The van der Waals surface area contributed by atoms with Crippen LogP contribution in [0.4, 0.5) is 4.39 Å². The van der Waals surface area contributed by atoms with E-state index in [4.69, 9.17) is 14.2 Å². The predicted molar refractivity (Wildman–Crippen MR) is 162 cm³/mol. The quantitative estimate of drug-likeness (QED) is 0.264. The van der Waals surface area contributed by atoms with Crippen LogP contribution in [0, 0.1) is 17.7 Å². The number of pyridine rings is 1. The van der Waals surface area contributed by atoms with E-state index in [1.807, 2.05) is 19.1 Å². The van der Waals surface area contributed by atoms with Gasteiger partial charge in [-0.05, 0) is 90.8 Å². The minimum atomic E-state index is -0.755. The third-order valence-corrected chi connectivity index (χ3v) is 9.54. The number of carbonyl (C=O) groups is 1. The molecule has 7 nitrogen and oxygen atoms in total. The highest BCUT2D eigenvalue weighted by Crippen LogP contribution is 2.48. The molecule has 2 aliphatic heterocycles. The molecular weight excluding hydrogens is 547 g/mol. The van der Waals surface area contributed by atoms with Gasteiger partial charge in [-0.2, -0.15) is 0 Å². The molecule has 0 spiro atoms. The Bertz CT molecular complexity index is 1470. The molecule has 228 valence electrons. The van der Waals surface area contributed by atoms with E-state index in [1.165, 1.54) is 13.3 Å². The minimum Gasteiger partial charge on any atom is -0.485 e. The molecule has 4 atom stereocenters. The first-order chi connectivity index (χ1) is 20.9. The molecule has 1 aromatic heterocycles. The van der Waals surface area contributed by atoms with Gasteiger partial charge in [-0.15, -0.1) is 0 Å². The van der Waals surface area contributed by atoms with Gasteiger partial charge in [0.05, 0.1) is 25.8 Å². The Morgan fingerprint density at radius 3 is 2.70 bits per heavy atom. The van der Waals surface area contributed by atoms with Crippen LogP contribution in [0.5, 0.6) is 11.6 Å². The number of benzene rings is 2. The number of hydrogen-bond donors (Lipinski definition) is 1. The topological polar surface area (TPSA) is 81.1 Å². The van der Waals surface area contributed by atoms with Crippen LogP contribution in [-0.4, -0.2) is 54.4 Å². The summed E-state index contributed by atoms with van der Waals surface area (Å²) in [4.78, 5) is 18.4. The van der Waals surface area contributed by atoms with Crippen molar-refractivity contribution in [2.45, 2.75) is 70.1 Å². The van der Waals surface area contributed by atoms with E-state index in [2.05, 4.69) is 34.1 Å². The lowest BCUT2D eigenvalue weighted by molar-refractivity contribution is -0.142.